The lowest BCUT2D eigenvalue weighted by Crippen LogP contribution is -2.35. The standard InChI is InChI=1S/C18H18ClNO/c1-13-2-4-14(5-3-13)12-17(21)20-18(10-11-18)15-6-8-16(19)9-7-15/h2-9H,10-12H2,1H3,(H,20,21). The van der Waals surface area contributed by atoms with E-state index < -0.39 is 0 Å². The predicted octanol–water partition coefficient (Wildman–Crippen LogP) is 4.00. The number of benzene rings is 2. The first-order valence-electron chi connectivity index (χ1n) is 7.20. The monoisotopic (exact) mass is 299 g/mol. The molecule has 0 saturated heterocycles. The fraction of sp³-hybridized carbons (Fsp3) is 0.278. The van der Waals surface area contributed by atoms with Crippen LogP contribution in [0.5, 0.6) is 0 Å². The average Bonchev–Trinajstić information content (AvgIpc) is 3.23. The van der Waals surface area contributed by atoms with Gasteiger partial charge >= 0.3 is 0 Å². The molecule has 1 aliphatic carbocycles. The second kappa shape index (κ2) is 5.53. The first kappa shape index (κ1) is 14.2. The van der Waals surface area contributed by atoms with Crippen LogP contribution < -0.4 is 5.32 Å². The minimum Gasteiger partial charge on any atom is -0.346 e. The van der Waals surface area contributed by atoms with Crippen molar-refractivity contribution in [1.82, 2.24) is 5.32 Å². The molecule has 0 bridgehead atoms. The molecule has 0 atom stereocenters. The molecule has 108 valence electrons. The Labute approximate surface area is 130 Å². The van der Waals surface area contributed by atoms with Gasteiger partial charge in [0.05, 0.1) is 12.0 Å². The summed E-state index contributed by atoms with van der Waals surface area (Å²) in [5, 5.41) is 3.91. The highest BCUT2D eigenvalue weighted by molar-refractivity contribution is 6.30. The van der Waals surface area contributed by atoms with Crippen molar-refractivity contribution >= 4 is 17.5 Å². The van der Waals surface area contributed by atoms with Crippen LogP contribution in [-0.2, 0) is 16.8 Å². The second-order valence-electron chi connectivity index (χ2n) is 5.80. The predicted molar refractivity (Wildman–Crippen MR) is 85.4 cm³/mol. The van der Waals surface area contributed by atoms with E-state index in [4.69, 9.17) is 11.6 Å². The van der Waals surface area contributed by atoms with Crippen LogP contribution >= 0.6 is 11.6 Å². The second-order valence-corrected chi connectivity index (χ2v) is 6.24. The number of hydrogen-bond donors (Lipinski definition) is 1. The average molecular weight is 300 g/mol. The molecule has 0 radical (unpaired) electrons. The Morgan fingerprint density at radius 3 is 2.29 bits per heavy atom. The molecule has 1 amide bonds. The lowest BCUT2D eigenvalue weighted by atomic mass is 10.0. The molecule has 2 nitrogen and oxygen atoms in total. The minimum absolute atomic E-state index is 0.0753. The van der Waals surface area contributed by atoms with Crippen molar-refractivity contribution in [1.29, 1.82) is 0 Å². The first-order valence-corrected chi connectivity index (χ1v) is 7.58. The van der Waals surface area contributed by atoms with Gasteiger partial charge in [0, 0.05) is 5.02 Å². The van der Waals surface area contributed by atoms with Crippen molar-refractivity contribution in [2.24, 2.45) is 0 Å². The molecule has 1 saturated carbocycles. The highest BCUT2D eigenvalue weighted by Crippen LogP contribution is 2.45. The van der Waals surface area contributed by atoms with Crippen LogP contribution in [0.3, 0.4) is 0 Å². The number of carbonyl (C=O) groups is 1. The summed E-state index contributed by atoms with van der Waals surface area (Å²) in [6, 6.07) is 15.9. The fourth-order valence-corrected chi connectivity index (χ4v) is 2.71. The zero-order valence-corrected chi connectivity index (χ0v) is 12.8. The van der Waals surface area contributed by atoms with Gasteiger partial charge in [0.15, 0.2) is 0 Å². The molecule has 0 heterocycles. The van der Waals surface area contributed by atoms with E-state index >= 15 is 0 Å². The zero-order chi connectivity index (χ0) is 14.9. The summed E-state index contributed by atoms with van der Waals surface area (Å²) in [7, 11) is 0. The Morgan fingerprint density at radius 2 is 1.71 bits per heavy atom. The Hall–Kier alpha value is -1.80. The van der Waals surface area contributed by atoms with Crippen LogP contribution in [-0.4, -0.2) is 5.91 Å². The Balaban J connectivity index is 1.67. The smallest absolute Gasteiger partial charge is 0.225 e. The van der Waals surface area contributed by atoms with Crippen molar-refractivity contribution in [3.63, 3.8) is 0 Å². The number of nitrogens with one attached hydrogen (secondary N) is 1. The summed E-state index contributed by atoms with van der Waals surface area (Å²) in [5.41, 5.74) is 3.22. The van der Waals surface area contributed by atoms with Crippen molar-refractivity contribution in [2.75, 3.05) is 0 Å². The van der Waals surface area contributed by atoms with Crippen LogP contribution in [0.15, 0.2) is 48.5 Å². The van der Waals surface area contributed by atoms with Gasteiger partial charge < -0.3 is 5.32 Å². The van der Waals surface area contributed by atoms with Gasteiger partial charge in [-0.2, -0.15) is 0 Å². The summed E-state index contributed by atoms with van der Waals surface area (Å²) >= 11 is 5.92. The third-order valence-corrected chi connectivity index (χ3v) is 4.26. The van der Waals surface area contributed by atoms with Crippen molar-refractivity contribution in [2.45, 2.75) is 31.7 Å². The largest absolute Gasteiger partial charge is 0.346 e. The number of aryl methyl sites for hydroxylation is 1. The Bertz CT molecular complexity index is 642. The zero-order valence-electron chi connectivity index (χ0n) is 12.0. The number of amides is 1. The van der Waals surface area contributed by atoms with E-state index in [9.17, 15) is 4.79 Å². The fourth-order valence-electron chi connectivity index (χ4n) is 2.58. The summed E-state index contributed by atoms with van der Waals surface area (Å²) in [5.74, 6) is 0.0753. The van der Waals surface area contributed by atoms with E-state index in [-0.39, 0.29) is 11.4 Å². The number of rotatable bonds is 4. The lowest BCUT2D eigenvalue weighted by Gasteiger charge is -2.18. The maximum Gasteiger partial charge on any atom is 0.225 e. The van der Waals surface area contributed by atoms with E-state index in [2.05, 4.69) is 5.32 Å². The highest BCUT2D eigenvalue weighted by Gasteiger charge is 2.45. The van der Waals surface area contributed by atoms with Crippen LogP contribution in [0.25, 0.3) is 0 Å². The van der Waals surface area contributed by atoms with Gasteiger partial charge in [0.2, 0.25) is 5.91 Å². The highest BCUT2D eigenvalue weighted by atomic mass is 35.5. The van der Waals surface area contributed by atoms with Crippen molar-refractivity contribution < 1.29 is 4.79 Å². The molecular weight excluding hydrogens is 282 g/mol. The first-order chi connectivity index (χ1) is 10.1. The molecule has 0 aromatic heterocycles. The third-order valence-electron chi connectivity index (χ3n) is 4.01. The molecule has 21 heavy (non-hydrogen) atoms. The Kier molecular flexibility index (Phi) is 3.73. The maximum absolute atomic E-state index is 12.3. The molecular formula is C18H18ClNO. The molecule has 2 aromatic rings. The lowest BCUT2D eigenvalue weighted by molar-refractivity contribution is -0.121. The van der Waals surface area contributed by atoms with Gasteiger partial charge in [-0.15, -0.1) is 0 Å². The quantitative estimate of drug-likeness (QED) is 0.908. The van der Waals surface area contributed by atoms with Crippen LogP contribution in [0.2, 0.25) is 5.02 Å². The number of carbonyl (C=O) groups excluding carboxylic acids is 1. The normalized spacial score (nSPS) is 15.5. The van der Waals surface area contributed by atoms with Crippen molar-refractivity contribution in [3.8, 4) is 0 Å². The van der Waals surface area contributed by atoms with E-state index in [0.717, 1.165) is 29.0 Å². The molecule has 0 aliphatic heterocycles. The molecule has 3 heteroatoms. The van der Waals surface area contributed by atoms with Gasteiger partial charge in [-0.1, -0.05) is 53.6 Å². The Morgan fingerprint density at radius 1 is 1.10 bits per heavy atom. The van der Waals surface area contributed by atoms with Crippen LogP contribution in [0.4, 0.5) is 0 Å². The van der Waals surface area contributed by atoms with Gasteiger partial charge in [0.25, 0.3) is 0 Å². The van der Waals surface area contributed by atoms with Crippen LogP contribution in [0, 0.1) is 6.92 Å². The molecule has 1 fully saturated rings. The van der Waals surface area contributed by atoms with E-state index in [1.165, 1.54) is 5.56 Å². The van der Waals surface area contributed by atoms with E-state index in [1.807, 2.05) is 55.5 Å². The molecule has 0 spiro atoms. The van der Waals surface area contributed by atoms with Crippen LogP contribution in [0.1, 0.15) is 29.5 Å². The number of halogens is 1. The van der Waals surface area contributed by atoms with Gasteiger partial charge in [-0.05, 0) is 43.0 Å². The van der Waals surface area contributed by atoms with E-state index in [0.29, 0.717) is 6.42 Å². The summed E-state index contributed by atoms with van der Waals surface area (Å²) < 4.78 is 0. The molecule has 1 aliphatic rings. The van der Waals surface area contributed by atoms with Gasteiger partial charge in [-0.3, -0.25) is 4.79 Å². The summed E-state index contributed by atoms with van der Waals surface area (Å²) in [6.45, 7) is 2.05. The summed E-state index contributed by atoms with van der Waals surface area (Å²) in [6.07, 6.45) is 2.41. The SMILES string of the molecule is Cc1ccc(CC(=O)NC2(c3ccc(Cl)cc3)CC2)cc1. The van der Waals surface area contributed by atoms with Crippen molar-refractivity contribution in [3.05, 3.63) is 70.2 Å². The van der Waals surface area contributed by atoms with Gasteiger partial charge in [-0.25, -0.2) is 0 Å². The minimum atomic E-state index is -0.174. The molecule has 0 unspecified atom stereocenters. The van der Waals surface area contributed by atoms with Gasteiger partial charge in [0.1, 0.15) is 0 Å². The molecule has 1 N–H and O–H groups in total. The topological polar surface area (TPSA) is 29.1 Å². The maximum atomic E-state index is 12.3. The molecule has 2 aromatic carbocycles. The van der Waals surface area contributed by atoms with E-state index in [1.54, 1.807) is 0 Å². The third kappa shape index (κ3) is 3.27. The molecule has 3 rings (SSSR count). The summed E-state index contributed by atoms with van der Waals surface area (Å²) in [4.78, 5) is 12.3. The number of hydrogen-bond acceptors (Lipinski definition) is 1.